The summed E-state index contributed by atoms with van der Waals surface area (Å²) in [5.74, 6) is 0. The SMILES string of the molecule is CCCNCc1ccc(N)cc1C(F)(F)F. The normalized spacial score (nSPS) is 11.8. The van der Waals surface area contributed by atoms with Crippen molar-refractivity contribution in [3.63, 3.8) is 0 Å². The number of nitrogens with two attached hydrogens (primary N) is 1. The van der Waals surface area contributed by atoms with Gasteiger partial charge in [-0.25, -0.2) is 0 Å². The highest BCUT2D eigenvalue weighted by Gasteiger charge is 2.33. The van der Waals surface area contributed by atoms with Gasteiger partial charge in [0.05, 0.1) is 5.56 Å². The van der Waals surface area contributed by atoms with E-state index in [4.69, 9.17) is 5.73 Å². The highest BCUT2D eigenvalue weighted by atomic mass is 19.4. The number of hydrogen-bond donors (Lipinski definition) is 2. The maximum atomic E-state index is 12.7. The largest absolute Gasteiger partial charge is 0.416 e. The third-order valence-electron chi connectivity index (χ3n) is 2.18. The summed E-state index contributed by atoms with van der Waals surface area (Å²) in [5, 5.41) is 2.94. The van der Waals surface area contributed by atoms with Crippen LogP contribution in [-0.2, 0) is 12.7 Å². The summed E-state index contributed by atoms with van der Waals surface area (Å²) in [6.07, 6.45) is -3.46. The van der Waals surface area contributed by atoms with Crippen molar-refractivity contribution in [3.05, 3.63) is 29.3 Å². The van der Waals surface area contributed by atoms with Crippen LogP contribution in [0.3, 0.4) is 0 Å². The molecule has 2 nitrogen and oxygen atoms in total. The van der Waals surface area contributed by atoms with Crippen LogP contribution in [0.5, 0.6) is 0 Å². The predicted octanol–water partition coefficient (Wildman–Crippen LogP) is 2.79. The maximum absolute atomic E-state index is 12.7. The van der Waals surface area contributed by atoms with Gasteiger partial charge in [0.2, 0.25) is 0 Å². The predicted molar refractivity (Wildman–Crippen MR) is 57.9 cm³/mol. The average Bonchev–Trinajstić information content (AvgIpc) is 2.19. The van der Waals surface area contributed by atoms with Gasteiger partial charge in [0.15, 0.2) is 0 Å². The molecule has 0 aliphatic carbocycles. The van der Waals surface area contributed by atoms with Crippen LogP contribution < -0.4 is 11.1 Å². The van der Waals surface area contributed by atoms with E-state index in [9.17, 15) is 13.2 Å². The first-order chi connectivity index (χ1) is 7.45. The van der Waals surface area contributed by atoms with Gasteiger partial charge in [-0.15, -0.1) is 0 Å². The number of hydrogen-bond acceptors (Lipinski definition) is 2. The van der Waals surface area contributed by atoms with Crippen molar-refractivity contribution in [3.8, 4) is 0 Å². The van der Waals surface area contributed by atoms with Crippen molar-refractivity contribution in [2.45, 2.75) is 26.1 Å². The number of nitrogen functional groups attached to an aromatic ring is 1. The molecule has 0 aromatic heterocycles. The van der Waals surface area contributed by atoms with Crippen LogP contribution >= 0.6 is 0 Å². The molecule has 0 amide bonds. The van der Waals surface area contributed by atoms with Crippen molar-refractivity contribution in [1.82, 2.24) is 5.32 Å². The molecule has 0 heterocycles. The Morgan fingerprint density at radius 1 is 1.31 bits per heavy atom. The summed E-state index contributed by atoms with van der Waals surface area (Å²) in [6.45, 7) is 2.87. The van der Waals surface area contributed by atoms with Crippen molar-refractivity contribution >= 4 is 5.69 Å². The molecule has 5 heteroatoms. The molecule has 16 heavy (non-hydrogen) atoms. The Balaban J connectivity index is 2.90. The minimum Gasteiger partial charge on any atom is -0.399 e. The van der Waals surface area contributed by atoms with Crippen LogP contribution in [0.2, 0.25) is 0 Å². The zero-order chi connectivity index (χ0) is 12.2. The maximum Gasteiger partial charge on any atom is 0.416 e. The molecule has 0 aliphatic heterocycles. The summed E-state index contributed by atoms with van der Waals surface area (Å²) < 4.78 is 38.0. The topological polar surface area (TPSA) is 38.0 Å². The molecule has 0 saturated heterocycles. The van der Waals surface area contributed by atoms with Gasteiger partial charge in [0.25, 0.3) is 0 Å². The molecular formula is C11H15F3N2. The lowest BCUT2D eigenvalue weighted by Gasteiger charge is -2.13. The van der Waals surface area contributed by atoms with Crippen LogP contribution in [0.15, 0.2) is 18.2 Å². The zero-order valence-electron chi connectivity index (χ0n) is 9.06. The number of anilines is 1. The molecule has 0 fully saturated rings. The van der Waals surface area contributed by atoms with Gasteiger partial charge in [-0.1, -0.05) is 13.0 Å². The van der Waals surface area contributed by atoms with Crippen molar-refractivity contribution in [2.75, 3.05) is 12.3 Å². The number of alkyl halides is 3. The van der Waals surface area contributed by atoms with Gasteiger partial charge < -0.3 is 11.1 Å². The quantitative estimate of drug-likeness (QED) is 0.618. The van der Waals surface area contributed by atoms with Crippen molar-refractivity contribution in [1.29, 1.82) is 0 Å². The second kappa shape index (κ2) is 5.21. The van der Waals surface area contributed by atoms with Crippen LogP contribution in [-0.4, -0.2) is 6.54 Å². The number of nitrogens with one attached hydrogen (secondary N) is 1. The molecule has 0 unspecified atom stereocenters. The Morgan fingerprint density at radius 3 is 2.56 bits per heavy atom. The van der Waals surface area contributed by atoms with Crippen LogP contribution in [0.4, 0.5) is 18.9 Å². The van der Waals surface area contributed by atoms with Gasteiger partial charge in [-0.05, 0) is 30.7 Å². The fourth-order valence-electron chi connectivity index (χ4n) is 1.41. The Labute approximate surface area is 92.6 Å². The molecule has 1 aromatic carbocycles. The molecule has 3 N–H and O–H groups in total. The van der Waals surface area contributed by atoms with Crippen molar-refractivity contribution in [2.24, 2.45) is 0 Å². The smallest absolute Gasteiger partial charge is 0.399 e. The van der Waals surface area contributed by atoms with Gasteiger partial charge in [0.1, 0.15) is 0 Å². The standard InChI is InChI=1S/C11H15F3N2/c1-2-5-16-7-8-3-4-9(15)6-10(8)11(12,13)14/h3-4,6,16H,2,5,7,15H2,1H3. The van der Waals surface area contributed by atoms with E-state index in [2.05, 4.69) is 5.32 Å². The second-order valence-corrected chi connectivity index (χ2v) is 3.59. The molecule has 0 radical (unpaired) electrons. The van der Waals surface area contributed by atoms with E-state index >= 15 is 0 Å². The monoisotopic (exact) mass is 232 g/mol. The minimum absolute atomic E-state index is 0.131. The van der Waals surface area contributed by atoms with Crippen LogP contribution in [0.25, 0.3) is 0 Å². The number of rotatable bonds is 4. The van der Waals surface area contributed by atoms with Gasteiger partial charge in [-0.2, -0.15) is 13.2 Å². The molecule has 1 rings (SSSR count). The highest BCUT2D eigenvalue weighted by Crippen LogP contribution is 2.33. The molecule has 90 valence electrons. The first kappa shape index (κ1) is 12.8. The van der Waals surface area contributed by atoms with E-state index in [0.29, 0.717) is 6.54 Å². The van der Waals surface area contributed by atoms with E-state index < -0.39 is 11.7 Å². The Hall–Kier alpha value is -1.23. The summed E-state index contributed by atoms with van der Waals surface area (Å²) >= 11 is 0. The first-order valence-corrected chi connectivity index (χ1v) is 5.11. The average molecular weight is 232 g/mol. The molecule has 0 atom stereocenters. The van der Waals surface area contributed by atoms with E-state index in [0.717, 1.165) is 12.5 Å². The lowest BCUT2D eigenvalue weighted by atomic mass is 10.1. The number of benzene rings is 1. The molecule has 0 spiro atoms. The molecular weight excluding hydrogens is 217 g/mol. The van der Waals surface area contributed by atoms with Gasteiger partial charge in [0, 0.05) is 12.2 Å². The molecule has 0 saturated carbocycles. The lowest BCUT2D eigenvalue weighted by Crippen LogP contribution is -2.18. The first-order valence-electron chi connectivity index (χ1n) is 5.11. The van der Waals surface area contributed by atoms with Crippen molar-refractivity contribution < 1.29 is 13.2 Å². The summed E-state index contributed by atoms with van der Waals surface area (Å²) in [6, 6.07) is 3.88. The Morgan fingerprint density at radius 2 is 2.00 bits per heavy atom. The van der Waals surface area contributed by atoms with E-state index in [1.807, 2.05) is 6.92 Å². The fourth-order valence-corrected chi connectivity index (χ4v) is 1.41. The van der Waals surface area contributed by atoms with Crippen LogP contribution in [0, 0.1) is 0 Å². The Kier molecular flexibility index (Phi) is 4.18. The summed E-state index contributed by atoms with van der Waals surface area (Å²) in [7, 11) is 0. The zero-order valence-corrected chi connectivity index (χ0v) is 9.06. The molecule has 0 aliphatic rings. The van der Waals surface area contributed by atoms with E-state index in [1.54, 1.807) is 0 Å². The minimum atomic E-state index is -4.35. The van der Waals surface area contributed by atoms with E-state index in [-0.39, 0.29) is 17.8 Å². The second-order valence-electron chi connectivity index (χ2n) is 3.59. The molecule has 1 aromatic rings. The van der Waals surface area contributed by atoms with Crippen LogP contribution in [0.1, 0.15) is 24.5 Å². The third-order valence-corrected chi connectivity index (χ3v) is 2.18. The summed E-state index contributed by atoms with van der Waals surface area (Å²) in [5.41, 5.74) is 5.06. The molecule has 0 bridgehead atoms. The highest BCUT2D eigenvalue weighted by molar-refractivity contribution is 5.45. The number of halogens is 3. The fraction of sp³-hybridized carbons (Fsp3) is 0.455. The third kappa shape index (κ3) is 3.41. The van der Waals surface area contributed by atoms with E-state index in [1.165, 1.54) is 12.1 Å². The van der Waals surface area contributed by atoms with Gasteiger partial charge >= 0.3 is 6.18 Å². The van der Waals surface area contributed by atoms with Gasteiger partial charge in [-0.3, -0.25) is 0 Å². The summed E-state index contributed by atoms with van der Waals surface area (Å²) in [4.78, 5) is 0. The lowest BCUT2D eigenvalue weighted by molar-refractivity contribution is -0.138. The Bertz CT molecular complexity index is 348.